The van der Waals surface area contributed by atoms with Gasteiger partial charge in [0.2, 0.25) is 0 Å². The lowest BCUT2D eigenvalue weighted by molar-refractivity contribution is -0.149. The van der Waals surface area contributed by atoms with Gasteiger partial charge in [-0.2, -0.15) is 0 Å². The Balaban J connectivity index is 2.50. The normalized spacial score (nSPS) is 13.0. The van der Waals surface area contributed by atoms with Crippen LogP contribution in [-0.4, -0.2) is 17.5 Å². The van der Waals surface area contributed by atoms with Crippen LogP contribution in [0.15, 0.2) is 42.5 Å². The van der Waals surface area contributed by atoms with Gasteiger partial charge in [-0.1, -0.05) is 30.3 Å². The van der Waals surface area contributed by atoms with Crippen LogP contribution in [0.25, 0.3) is 0 Å². The average molecular weight is 276 g/mol. The van der Waals surface area contributed by atoms with E-state index in [0.717, 1.165) is 17.7 Å². The summed E-state index contributed by atoms with van der Waals surface area (Å²) in [5, 5.41) is 0. The fraction of sp³-hybridized carbons (Fsp3) is 0.375. The molecule has 0 amide bonds. The molecule has 0 saturated carbocycles. The lowest BCUT2D eigenvalue weighted by atomic mass is 10.1. The molecule has 4 heteroatoms. The minimum atomic E-state index is -0.581. The molecule has 0 bridgehead atoms. The van der Waals surface area contributed by atoms with Crippen molar-refractivity contribution in [3.8, 4) is 0 Å². The lowest BCUT2D eigenvalue weighted by Crippen LogP contribution is -2.22. The molecule has 0 aliphatic heterocycles. The summed E-state index contributed by atoms with van der Waals surface area (Å²) in [5.74, 6) is -1.14. The fourth-order valence-corrected chi connectivity index (χ4v) is 1.48. The summed E-state index contributed by atoms with van der Waals surface area (Å²) in [6.45, 7) is 7.05. The van der Waals surface area contributed by atoms with Gasteiger partial charge in [0.1, 0.15) is 11.7 Å². The van der Waals surface area contributed by atoms with Crippen LogP contribution in [0.5, 0.6) is 0 Å². The van der Waals surface area contributed by atoms with Crippen molar-refractivity contribution in [1.82, 2.24) is 0 Å². The van der Waals surface area contributed by atoms with E-state index in [2.05, 4.69) is 0 Å². The number of rotatable bonds is 4. The largest absolute Gasteiger partial charge is 0.457 e. The van der Waals surface area contributed by atoms with Gasteiger partial charge in [0.15, 0.2) is 0 Å². The molecule has 0 spiro atoms. The predicted octanol–water partition coefficient (Wildman–Crippen LogP) is 3.19. The molecule has 1 rings (SSSR count). The molecular formula is C16H20O4. The van der Waals surface area contributed by atoms with E-state index in [1.807, 2.05) is 30.3 Å². The second kappa shape index (κ2) is 6.89. The second-order valence-electron chi connectivity index (χ2n) is 5.36. The molecule has 1 atom stereocenters. The maximum absolute atomic E-state index is 11.6. The van der Waals surface area contributed by atoms with Crippen LogP contribution in [0.4, 0.5) is 0 Å². The van der Waals surface area contributed by atoms with Crippen molar-refractivity contribution in [1.29, 1.82) is 0 Å². The van der Waals surface area contributed by atoms with Gasteiger partial charge in [0, 0.05) is 12.2 Å². The predicted molar refractivity (Wildman–Crippen MR) is 75.9 cm³/mol. The Morgan fingerprint density at radius 2 is 1.60 bits per heavy atom. The zero-order valence-corrected chi connectivity index (χ0v) is 12.3. The van der Waals surface area contributed by atoms with Crippen molar-refractivity contribution >= 4 is 11.9 Å². The first-order chi connectivity index (χ1) is 9.28. The minimum absolute atomic E-state index is 0.369. The third kappa shape index (κ3) is 6.18. The third-order valence-corrected chi connectivity index (χ3v) is 2.32. The molecule has 108 valence electrons. The third-order valence-electron chi connectivity index (χ3n) is 2.32. The highest BCUT2D eigenvalue weighted by atomic mass is 16.6. The second-order valence-corrected chi connectivity index (χ2v) is 5.36. The number of benzene rings is 1. The van der Waals surface area contributed by atoms with Crippen LogP contribution < -0.4 is 0 Å². The molecule has 1 aromatic rings. The van der Waals surface area contributed by atoms with Crippen LogP contribution in [0.1, 0.15) is 39.4 Å². The molecule has 0 saturated heterocycles. The Kier molecular flexibility index (Phi) is 5.50. The van der Waals surface area contributed by atoms with Crippen molar-refractivity contribution in [2.45, 2.75) is 39.4 Å². The van der Waals surface area contributed by atoms with Crippen LogP contribution in [-0.2, 0) is 19.1 Å². The highest BCUT2D eigenvalue weighted by Gasteiger charge is 2.15. The molecule has 0 unspecified atom stereocenters. The summed E-state index contributed by atoms with van der Waals surface area (Å²) in [7, 11) is 0. The van der Waals surface area contributed by atoms with Crippen LogP contribution in [0.2, 0.25) is 0 Å². The summed E-state index contributed by atoms with van der Waals surface area (Å²) in [6, 6.07) is 9.37. The van der Waals surface area contributed by atoms with Crippen molar-refractivity contribution in [3.05, 3.63) is 48.0 Å². The number of ether oxygens (including phenoxy) is 2. The summed E-state index contributed by atoms with van der Waals surface area (Å²) in [6.07, 6.45) is 1.78. The SMILES string of the molecule is C[C@H](OC(=O)/C=C\C(=O)OC(C)(C)C)c1ccccc1. The summed E-state index contributed by atoms with van der Waals surface area (Å²) in [5.41, 5.74) is 0.314. The van der Waals surface area contributed by atoms with Gasteiger partial charge >= 0.3 is 11.9 Å². The number of hydrogen-bond donors (Lipinski definition) is 0. The zero-order chi connectivity index (χ0) is 15.2. The molecule has 20 heavy (non-hydrogen) atoms. The number of esters is 2. The minimum Gasteiger partial charge on any atom is -0.457 e. The molecule has 4 nitrogen and oxygen atoms in total. The van der Waals surface area contributed by atoms with Crippen LogP contribution in [0.3, 0.4) is 0 Å². The molecule has 0 radical (unpaired) electrons. The van der Waals surface area contributed by atoms with Gasteiger partial charge in [-0.05, 0) is 33.3 Å². The lowest BCUT2D eigenvalue weighted by Gasteiger charge is -2.17. The Hall–Kier alpha value is -2.10. The number of carbonyl (C=O) groups is 2. The zero-order valence-electron chi connectivity index (χ0n) is 12.3. The van der Waals surface area contributed by atoms with Gasteiger partial charge in [0.05, 0.1) is 0 Å². The van der Waals surface area contributed by atoms with E-state index in [1.54, 1.807) is 27.7 Å². The Morgan fingerprint density at radius 1 is 1.05 bits per heavy atom. The van der Waals surface area contributed by atoms with Crippen LogP contribution >= 0.6 is 0 Å². The molecule has 0 aromatic heterocycles. The van der Waals surface area contributed by atoms with Crippen molar-refractivity contribution < 1.29 is 19.1 Å². The van der Waals surface area contributed by atoms with Crippen LogP contribution in [0, 0.1) is 0 Å². The molecule has 0 aliphatic rings. The molecule has 0 N–H and O–H groups in total. The molecule has 0 fully saturated rings. The summed E-state index contributed by atoms with van der Waals surface area (Å²) in [4.78, 5) is 23.0. The first-order valence-corrected chi connectivity index (χ1v) is 6.44. The standard InChI is InChI=1S/C16H20O4/c1-12(13-8-6-5-7-9-13)19-14(17)10-11-15(18)20-16(2,3)4/h5-12H,1-4H3/b11-10-/t12-/m0/s1. The first kappa shape index (κ1) is 16.0. The van der Waals surface area contributed by atoms with Gasteiger partial charge in [0.25, 0.3) is 0 Å². The quantitative estimate of drug-likeness (QED) is 0.626. The maximum atomic E-state index is 11.6. The van der Waals surface area contributed by atoms with Crippen molar-refractivity contribution in [2.24, 2.45) is 0 Å². The van der Waals surface area contributed by atoms with E-state index in [4.69, 9.17) is 9.47 Å². The topological polar surface area (TPSA) is 52.6 Å². The molecule has 0 aliphatic carbocycles. The van der Waals surface area contributed by atoms with E-state index >= 15 is 0 Å². The highest BCUT2D eigenvalue weighted by molar-refractivity contribution is 5.91. The Morgan fingerprint density at radius 3 is 2.15 bits per heavy atom. The molecule has 0 heterocycles. The first-order valence-electron chi connectivity index (χ1n) is 6.44. The van der Waals surface area contributed by atoms with Crippen molar-refractivity contribution in [3.63, 3.8) is 0 Å². The smallest absolute Gasteiger partial charge is 0.331 e. The summed E-state index contributed by atoms with van der Waals surface area (Å²) < 4.78 is 10.2. The Bertz CT molecular complexity index is 483. The van der Waals surface area contributed by atoms with E-state index in [0.29, 0.717) is 0 Å². The summed E-state index contributed by atoms with van der Waals surface area (Å²) >= 11 is 0. The highest BCUT2D eigenvalue weighted by Crippen LogP contribution is 2.16. The van der Waals surface area contributed by atoms with E-state index < -0.39 is 17.5 Å². The number of hydrogen-bond acceptors (Lipinski definition) is 4. The average Bonchev–Trinajstić information content (AvgIpc) is 2.35. The molecule has 1 aromatic carbocycles. The Labute approximate surface area is 119 Å². The molecular weight excluding hydrogens is 256 g/mol. The maximum Gasteiger partial charge on any atom is 0.331 e. The van der Waals surface area contributed by atoms with E-state index in [9.17, 15) is 9.59 Å². The van der Waals surface area contributed by atoms with Gasteiger partial charge in [-0.3, -0.25) is 0 Å². The van der Waals surface area contributed by atoms with E-state index in [1.165, 1.54) is 0 Å². The monoisotopic (exact) mass is 276 g/mol. The van der Waals surface area contributed by atoms with Gasteiger partial charge < -0.3 is 9.47 Å². The van der Waals surface area contributed by atoms with Gasteiger partial charge in [-0.25, -0.2) is 9.59 Å². The van der Waals surface area contributed by atoms with E-state index in [-0.39, 0.29) is 6.10 Å². The fourth-order valence-electron chi connectivity index (χ4n) is 1.48. The number of carbonyl (C=O) groups excluding carboxylic acids is 2. The van der Waals surface area contributed by atoms with Crippen molar-refractivity contribution in [2.75, 3.05) is 0 Å². The van der Waals surface area contributed by atoms with Gasteiger partial charge in [-0.15, -0.1) is 0 Å².